The summed E-state index contributed by atoms with van der Waals surface area (Å²) < 4.78 is 5.91. The van der Waals surface area contributed by atoms with Crippen LogP contribution in [0.15, 0.2) is 24.3 Å². The summed E-state index contributed by atoms with van der Waals surface area (Å²) in [5.41, 5.74) is 0.733. The summed E-state index contributed by atoms with van der Waals surface area (Å²) in [6, 6.07) is 8.14. The van der Waals surface area contributed by atoms with E-state index in [1.807, 2.05) is 24.3 Å². The summed E-state index contributed by atoms with van der Waals surface area (Å²) in [6.07, 6.45) is 9.37. The molecule has 0 aliphatic carbocycles. The molecule has 144 valence electrons. The third kappa shape index (κ3) is 5.00. The summed E-state index contributed by atoms with van der Waals surface area (Å²) in [6.45, 7) is 7.30. The molecule has 1 amide bonds. The number of nitrogens with zero attached hydrogens (tertiary/aromatic N) is 2. The number of para-hydroxylation sites is 1. The molecule has 4 nitrogen and oxygen atoms in total. The van der Waals surface area contributed by atoms with Gasteiger partial charge in [-0.3, -0.25) is 4.79 Å². The van der Waals surface area contributed by atoms with Crippen molar-refractivity contribution in [2.75, 3.05) is 32.8 Å². The molecular weight excluding hydrogens is 324 g/mol. The molecule has 26 heavy (non-hydrogen) atoms. The molecule has 2 aliphatic rings. The van der Waals surface area contributed by atoms with E-state index < -0.39 is 0 Å². The molecule has 2 fully saturated rings. The Balaban J connectivity index is 1.65. The van der Waals surface area contributed by atoms with Crippen LogP contribution in [0.5, 0.6) is 5.75 Å². The van der Waals surface area contributed by atoms with Gasteiger partial charge < -0.3 is 14.5 Å². The van der Waals surface area contributed by atoms with Crippen LogP contribution < -0.4 is 4.74 Å². The lowest BCUT2D eigenvalue weighted by atomic mass is 9.97. The van der Waals surface area contributed by atoms with E-state index in [4.69, 9.17) is 4.74 Å². The number of rotatable bonds is 8. The Bertz CT molecular complexity index is 569. The van der Waals surface area contributed by atoms with Crippen LogP contribution in [0.3, 0.4) is 0 Å². The molecule has 4 heteroatoms. The van der Waals surface area contributed by atoms with Crippen LogP contribution in [0.2, 0.25) is 0 Å². The topological polar surface area (TPSA) is 32.8 Å². The predicted octanol–water partition coefficient (Wildman–Crippen LogP) is 4.35. The van der Waals surface area contributed by atoms with E-state index in [2.05, 4.69) is 16.7 Å². The summed E-state index contributed by atoms with van der Waals surface area (Å²) in [7, 11) is 0. The molecule has 0 bridgehead atoms. The number of likely N-dealkylation sites (tertiary alicyclic amines) is 2. The molecule has 2 aliphatic heterocycles. The number of benzene rings is 1. The van der Waals surface area contributed by atoms with Crippen LogP contribution in [-0.4, -0.2) is 54.5 Å². The quantitative estimate of drug-likeness (QED) is 0.648. The number of unbranched alkanes of at least 4 members (excludes halogenated alkanes) is 1. The van der Waals surface area contributed by atoms with Gasteiger partial charge in [-0.2, -0.15) is 0 Å². The van der Waals surface area contributed by atoms with E-state index in [-0.39, 0.29) is 5.91 Å². The number of hydrogen-bond donors (Lipinski definition) is 0. The van der Waals surface area contributed by atoms with Crippen LogP contribution in [0, 0.1) is 0 Å². The standard InChI is InChI=1S/C22H34N2O2/c1-2-3-18-26-21-12-5-4-11-20(21)22(25)24-16-7-6-10-19(24)13-17-23-14-8-9-15-23/h4-5,11-12,19H,2-3,6-10,13-18H2,1H3/t19-/m0/s1. The molecule has 0 saturated carbocycles. The zero-order valence-corrected chi connectivity index (χ0v) is 16.3. The average molecular weight is 359 g/mol. The van der Waals surface area contributed by atoms with Gasteiger partial charge in [0.05, 0.1) is 12.2 Å². The average Bonchev–Trinajstić information content (AvgIpc) is 3.20. The van der Waals surface area contributed by atoms with Crippen molar-refractivity contribution in [2.24, 2.45) is 0 Å². The highest BCUT2D eigenvalue weighted by atomic mass is 16.5. The van der Waals surface area contributed by atoms with E-state index in [1.54, 1.807) is 0 Å². The first kappa shape index (κ1) is 19.2. The molecule has 0 N–H and O–H groups in total. The Hall–Kier alpha value is -1.55. The number of hydrogen-bond acceptors (Lipinski definition) is 3. The third-order valence-electron chi connectivity index (χ3n) is 5.74. The van der Waals surface area contributed by atoms with Crippen molar-refractivity contribution in [1.82, 2.24) is 9.80 Å². The van der Waals surface area contributed by atoms with Gasteiger partial charge in [-0.25, -0.2) is 0 Å². The molecule has 3 rings (SSSR count). The lowest BCUT2D eigenvalue weighted by Gasteiger charge is -2.37. The van der Waals surface area contributed by atoms with Crippen molar-refractivity contribution in [3.8, 4) is 5.75 Å². The Morgan fingerprint density at radius 2 is 1.88 bits per heavy atom. The van der Waals surface area contributed by atoms with Gasteiger partial charge in [0.25, 0.3) is 5.91 Å². The monoisotopic (exact) mass is 358 g/mol. The Kier molecular flexibility index (Phi) is 7.36. The molecular formula is C22H34N2O2. The van der Waals surface area contributed by atoms with Crippen molar-refractivity contribution in [3.05, 3.63) is 29.8 Å². The first-order valence-corrected chi connectivity index (χ1v) is 10.5. The summed E-state index contributed by atoms with van der Waals surface area (Å²) in [4.78, 5) is 18.0. The lowest BCUT2D eigenvalue weighted by Crippen LogP contribution is -2.45. The van der Waals surface area contributed by atoms with Gasteiger partial charge in [-0.05, 0) is 70.2 Å². The van der Waals surface area contributed by atoms with E-state index in [9.17, 15) is 4.79 Å². The number of amides is 1. The maximum absolute atomic E-state index is 13.3. The number of piperidine rings is 1. The second-order valence-corrected chi connectivity index (χ2v) is 7.68. The van der Waals surface area contributed by atoms with Crippen molar-refractivity contribution < 1.29 is 9.53 Å². The summed E-state index contributed by atoms with van der Waals surface area (Å²) in [5, 5.41) is 0. The SMILES string of the molecule is CCCCOc1ccccc1C(=O)N1CCCC[C@H]1CCN1CCCC1. The molecule has 0 radical (unpaired) electrons. The van der Waals surface area contributed by atoms with Crippen molar-refractivity contribution in [1.29, 1.82) is 0 Å². The molecule has 1 aromatic carbocycles. The molecule has 1 aromatic rings. The minimum absolute atomic E-state index is 0.156. The van der Waals surface area contributed by atoms with Crippen molar-refractivity contribution >= 4 is 5.91 Å². The van der Waals surface area contributed by atoms with Gasteiger partial charge in [0.1, 0.15) is 5.75 Å². The van der Waals surface area contributed by atoms with Gasteiger partial charge in [0.2, 0.25) is 0 Å². The minimum atomic E-state index is 0.156. The molecule has 2 saturated heterocycles. The third-order valence-corrected chi connectivity index (χ3v) is 5.74. The molecule has 0 spiro atoms. The molecule has 2 heterocycles. The van der Waals surface area contributed by atoms with Crippen LogP contribution in [-0.2, 0) is 0 Å². The first-order valence-electron chi connectivity index (χ1n) is 10.5. The fraction of sp³-hybridized carbons (Fsp3) is 0.682. The number of carbonyl (C=O) groups excluding carboxylic acids is 1. The van der Waals surface area contributed by atoms with Crippen molar-refractivity contribution in [2.45, 2.75) is 64.3 Å². The van der Waals surface area contributed by atoms with Gasteiger partial charge in [0, 0.05) is 19.1 Å². The van der Waals surface area contributed by atoms with Gasteiger partial charge in [0.15, 0.2) is 0 Å². The lowest BCUT2D eigenvalue weighted by molar-refractivity contribution is 0.0583. The largest absolute Gasteiger partial charge is 0.493 e. The van der Waals surface area contributed by atoms with Gasteiger partial charge >= 0.3 is 0 Å². The second-order valence-electron chi connectivity index (χ2n) is 7.68. The highest BCUT2D eigenvalue weighted by Crippen LogP contribution is 2.26. The summed E-state index contributed by atoms with van der Waals surface area (Å²) >= 11 is 0. The maximum atomic E-state index is 13.3. The molecule has 1 atom stereocenters. The van der Waals surface area contributed by atoms with Gasteiger partial charge in [-0.1, -0.05) is 25.5 Å². The molecule has 0 aromatic heterocycles. The zero-order valence-electron chi connectivity index (χ0n) is 16.3. The van der Waals surface area contributed by atoms with Crippen LogP contribution in [0.25, 0.3) is 0 Å². The predicted molar refractivity (Wildman–Crippen MR) is 106 cm³/mol. The second kappa shape index (κ2) is 9.96. The van der Waals surface area contributed by atoms with Crippen LogP contribution >= 0.6 is 0 Å². The van der Waals surface area contributed by atoms with E-state index in [0.717, 1.165) is 56.5 Å². The Morgan fingerprint density at radius 1 is 1.12 bits per heavy atom. The van der Waals surface area contributed by atoms with E-state index >= 15 is 0 Å². The van der Waals surface area contributed by atoms with Crippen LogP contribution in [0.4, 0.5) is 0 Å². The number of ether oxygens (including phenoxy) is 1. The zero-order chi connectivity index (χ0) is 18.2. The highest BCUT2D eigenvalue weighted by molar-refractivity contribution is 5.97. The molecule has 0 unspecified atom stereocenters. The fourth-order valence-electron chi connectivity index (χ4n) is 4.16. The van der Waals surface area contributed by atoms with E-state index in [0.29, 0.717) is 12.6 Å². The maximum Gasteiger partial charge on any atom is 0.257 e. The van der Waals surface area contributed by atoms with Crippen molar-refractivity contribution in [3.63, 3.8) is 0 Å². The van der Waals surface area contributed by atoms with Crippen LogP contribution in [0.1, 0.15) is 68.6 Å². The summed E-state index contributed by atoms with van der Waals surface area (Å²) in [5.74, 6) is 0.901. The van der Waals surface area contributed by atoms with E-state index in [1.165, 1.54) is 32.4 Å². The Morgan fingerprint density at radius 3 is 2.69 bits per heavy atom. The minimum Gasteiger partial charge on any atom is -0.493 e. The smallest absolute Gasteiger partial charge is 0.257 e. The van der Waals surface area contributed by atoms with Gasteiger partial charge in [-0.15, -0.1) is 0 Å². The fourth-order valence-corrected chi connectivity index (χ4v) is 4.16. The normalized spacial score (nSPS) is 21.1. The Labute approximate surface area is 158 Å². The highest BCUT2D eigenvalue weighted by Gasteiger charge is 2.29. The first-order chi connectivity index (χ1) is 12.8. The number of carbonyl (C=O) groups is 1.